The number of carbonyl (C=O) groups excluding carboxylic acids is 1. The minimum absolute atomic E-state index is 0.0324. The number of hydrogen-bond donors (Lipinski definition) is 1. The summed E-state index contributed by atoms with van der Waals surface area (Å²) in [6.45, 7) is 0.633. The van der Waals surface area contributed by atoms with Crippen LogP contribution < -0.4 is 10.1 Å². The van der Waals surface area contributed by atoms with Crippen molar-refractivity contribution in [1.29, 1.82) is 5.26 Å². The lowest BCUT2D eigenvalue weighted by molar-refractivity contribution is -0.137. The van der Waals surface area contributed by atoms with Crippen molar-refractivity contribution in [3.63, 3.8) is 0 Å². The number of rotatable bonds is 7. The molecule has 4 rings (SSSR count). The molecule has 1 N–H and O–H groups in total. The first-order valence-corrected chi connectivity index (χ1v) is 9.96. The lowest BCUT2D eigenvalue weighted by Crippen LogP contribution is -2.36. The van der Waals surface area contributed by atoms with Gasteiger partial charge in [-0.05, 0) is 37.5 Å². The molecule has 32 heavy (non-hydrogen) atoms. The van der Waals surface area contributed by atoms with Gasteiger partial charge in [0.15, 0.2) is 6.19 Å². The zero-order valence-electron chi connectivity index (χ0n) is 17.1. The third kappa shape index (κ3) is 4.77. The largest absolute Gasteiger partial charge is 0.490 e. The van der Waals surface area contributed by atoms with E-state index in [0.717, 1.165) is 25.0 Å². The molecule has 0 unspecified atom stereocenters. The molecular weight excluding hydrogens is 431 g/mol. The number of nitrogens with one attached hydrogen (secondary N) is 1. The number of nitriles is 1. The fourth-order valence-electron chi connectivity index (χ4n) is 3.51. The predicted molar refractivity (Wildman–Crippen MR) is 102 cm³/mol. The zero-order valence-corrected chi connectivity index (χ0v) is 17.1. The van der Waals surface area contributed by atoms with Gasteiger partial charge < -0.3 is 24.1 Å². The van der Waals surface area contributed by atoms with Crippen LogP contribution in [0.2, 0.25) is 0 Å². The maximum Gasteiger partial charge on any atom is 0.416 e. The molecule has 0 spiro atoms. The van der Waals surface area contributed by atoms with Crippen LogP contribution in [0.3, 0.4) is 0 Å². The summed E-state index contributed by atoms with van der Waals surface area (Å²) in [4.78, 5) is 14.1. The molecule has 2 atom stereocenters. The Bertz CT molecular complexity index is 1030. The van der Waals surface area contributed by atoms with Crippen LogP contribution in [0, 0.1) is 11.5 Å². The summed E-state index contributed by atoms with van der Waals surface area (Å²) in [6, 6.07) is 2.48. The van der Waals surface area contributed by atoms with Crippen molar-refractivity contribution in [2.45, 2.75) is 43.6 Å². The van der Waals surface area contributed by atoms with Crippen LogP contribution in [0.4, 0.5) is 13.2 Å². The lowest BCUT2D eigenvalue weighted by Gasteiger charge is -2.15. The van der Waals surface area contributed by atoms with Gasteiger partial charge in [0.2, 0.25) is 0 Å². The van der Waals surface area contributed by atoms with Gasteiger partial charge in [-0.1, -0.05) is 0 Å². The van der Waals surface area contributed by atoms with E-state index in [2.05, 4.69) is 21.7 Å². The molecule has 1 aliphatic carbocycles. The summed E-state index contributed by atoms with van der Waals surface area (Å²) in [5, 5.41) is 19.4. The summed E-state index contributed by atoms with van der Waals surface area (Å²) in [7, 11) is 1.52. The average Bonchev–Trinajstić information content (AvgIpc) is 3.27. The fourth-order valence-corrected chi connectivity index (χ4v) is 3.51. The van der Waals surface area contributed by atoms with Gasteiger partial charge in [-0.25, -0.2) is 0 Å². The maximum atomic E-state index is 13.2. The minimum atomic E-state index is -4.57. The highest BCUT2D eigenvalue weighted by atomic mass is 19.4. The van der Waals surface area contributed by atoms with Gasteiger partial charge in [0, 0.05) is 19.7 Å². The van der Waals surface area contributed by atoms with E-state index >= 15 is 0 Å². The van der Waals surface area contributed by atoms with Crippen LogP contribution in [0.5, 0.6) is 5.75 Å². The molecule has 0 radical (unpaired) electrons. The number of halogens is 3. The first-order chi connectivity index (χ1) is 15.3. The Labute approximate surface area is 181 Å². The molecular formula is C20H20F3N5O4. The summed E-state index contributed by atoms with van der Waals surface area (Å²) >= 11 is 0. The molecule has 2 fully saturated rings. The highest BCUT2D eigenvalue weighted by Gasteiger charge is 2.35. The fraction of sp³-hybridized carbons (Fsp3) is 0.500. The highest BCUT2D eigenvalue weighted by molar-refractivity contribution is 5.90. The Balaban J connectivity index is 1.52. The summed E-state index contributed by atoms with van der Waals surface area (Å²) in [6.07, 6.45) is -0.475. The van der Waals surface area contributed by atoms with Crippen LogP contribution in [0.15, 0.2) is 22.6 Å². The normalized spacial score (nSPS) is 20.8. The third-order valence-corrected chi connectivity index (χ3v) is 5.21. The number of methoxy groups -OCH3 is 1. The van der Waals surface area contributed by atoms with E-state index in [9.17, 15) is 23.2 Å². The molecule has 9 nitrogen and oxygen atoms in total. The van der Waals surface area contributed by atoms with E-state index in [4.69, 9.17) is 13.9 Å². The smallest absolute Gasteiger partial charge is 0.416 e. The summed E-state index contributed by atoms with van der Waals surface area (Å²) in [5.41, 5.74) is -0.929. The Kier molecular flexibility index (Phi) is 5.92. The quantitative estimate of drug-likeness (QED) is 0.639. The van der Waals surface area contributed by atoms with E-state index in [1.165, 1.54) is 18.1 Å². The van der Waals surface area contributed by atoms with Crippen molar-refractivity contribution in [2.24, 2.45) is 0 Å². The van der Waals surface area contributed by atoms with Crippen LogP contribution in [0.1, 0.15) is 35.5 Å². The molecule has 1 saturated carbocycles. The Morgan fingerprint density at radius 2 is 2.16 bits per heavy atom. The molecule has 0 bridgehead atoms. The number of hydrogen-bond acceptors (Lipinski definition) is 8. The Morgan fingerprint density at radius 3 is 2.81 bits per heavy atom. The van der Waals surface area contributed by atoms with E-state index in [1.807, 2.05) is 0 Å². The number of amides is 1. The summed E-state index contributed by atoms with van der Waals surface area (Å²) in [5.74, 6) is -1.15. The number of alkyl halides is 3. The van der Waals surface area contributed by atoms with Gasteiger partial charge in [0.25, 0.3) is 5.89 Å². The van der Waals surface area contributed by atoms with Gasteiger partial charge >= 0.3 is 18.0 Å². The predicted octanol–water partition coefficient (Wildman–Crippen LogP) is 2.60. The second-order valence-electron chi connectivity index (χ2n) is 7.71. The van der Waals surface area contributed by atoms with Gasteiger partial charge in [0.05, 0.1) is 29.9 Å². The first kappa shape index (κ1) is 21.9. The zero-order chi connectivity index (χ0) is 22.9. The molecule has 1 aromatic heterocycles. The number of ether oxygens (including phenoxy) is 2. The van der Waals surface area contributed by atoms with Crippen LogP contribution in [0.25, 0.3) is 11.5 Å². The van der Waals surface area contributed by atoms with E-state index in [1.54, 1.807) is 0 Å². The van der Waals surface area contributed by atoms with Crippen LogP contribution in [-0.4, -0.2) is 59.5 Å². The SMILES string of the molecule is COC[C@@H]1C[C@@H](NC(=O)c2nnc(-c3cc(C(F)(F)F)ccc3OC3CC3)o2)CN1C#N. The van der Waals surface area contributed by atoms with Crippen molar-refractivity contribution in [3.05, 3.63) is 29.7 Å². The first-order valence-electron chi connectivity index (χ1n) is 9.96. The second kappa shape index (κ2) is 8.66. The second-order valence-corrected chi connectivity index (χ2v) is 7.71. The van der Waals surface area contributed by atoms with Crippen molar-refractivity contribution in [2.75, 3.05) is 20.3 Å². The van der Waals surface area contributed by atoms with E-state index < -0.39 is 23.5 Å². The average molecular weight is 451 g/mol. The molecule has 2 aromatic rings. The van der Waals surface area contributed by atoms with Crippen molar-refractivity contribution in [1.82, 2.24) is 20.4 Å². The number of benzene rings is 1. The topological polar surface area (TPSA) is 114 Å². The standard InChI is InChI=1S/C20H20F3N5O4/c1-30-9-13-7-12(8-28(13)10-24)25-17(29)19-27-26-18(32-19)15-6-11(20(21,22)23)2-5-16(15)31-14-3-4-14/h2,5-6,12-14H,3-4,7-9H2,1H3,(H,25,29)/t12-,13+/m1/s1. The lowest BCUT2D eigenvalue weighted by atomic mass is 10.1. The molecule has 1 amide bonds. The number of aromatic nitrogens is 2. The van der Waals surface area contributed by atoms with Gasteiger partial charge in [0.1, 0.15) is 5.75 Å². The Hall–Kier alpha value is -3.33. The molecule has 170 valence electrons. The van der Waals surface area contributed by atoms with Crippen molar-refractivity contribution >= 4 is 5.91 Å². The molecule has 2 aliphatic rings. The molecule has 1 saturated heterocycles. The minimum Gasteiger partial charge on any atom is -0.490 e. The maximum absolute atomic E-state index is 13.2. The molecule has 1 aromatic carbocycles. The number of carbonyl (C=O) groups is 1. The van der Waals surface area contributed by atoms with E-state index in [0.29, 0.717) is 19.6 Å². The van der Waals surface area contributed by atoms with Gasteiger partial charge in [-0.2, -0.15) is 18.4 Å². The third-order valence-electron chi connectivity index (χ3n) is 5.21. The van der Waals surface area contributed by atoms with E-state index in [-0.39, 0.29) is 35.4 Å². The van der Waals surface area contributed by atoms with Gasteiger partial charge in [-0.3, -0.25) is 4.79 Å². The number of likely N-dealkylation sites (tertiary alicyclic amines) is 1. The van der Waals surface area contributed by atoms with Crippen molar-refractivity contribution in [3.8, 4) is 23.4 Å². The molecule has 2 heterocycles. The summed E-state index contributed by atoms with van der Waals surface area (Å²) < 4.78 is 55.7. The Morgan fingerprint density at radius 1 is 1.38 bits per heavy atom. The molecule has 12 heteroatoms. The van der Waals surface area contributed by atoms with Crippen LogP contribution in [-0.2, 0) is 10.9 Å². The van der Waals surface area contributed by atoms with Crippen LogP contribution >= 0.6 is 0 Å². The van der Waals surface area contributed by atoms with Gasteiger partial charge in [-0.15, -0.1) is 10.2 Å². The number of nitrogens with zero attached hydrogens (tertiary/aromatic N) is 4. The highest BCUT2D eigenvalue weighted by Crippen LogP contribution is 2.39. The van der Waals surface area contributed by atoms with Crippen molar-refractivity contribution < 1.29 is 31.9 Å². The molecule has 1 aliphatic heterocycles. The monoisotopic (exact) mass is 451 g/mol.